The lowest BCUT2D eigenvalue weighted by Crippen LogP contribution is -2.34. The summed E-state index contributed by atoms with van der Waals surface area (Å²) in [4.78, 5) is 14.2. The molecule has 0 unspecified atom stereocenters. The molecule has 100 valence electrons. The van der Waals surface area contributed by atoms with E-state index in [0.717, 1.165) is 17.8 Å². The maximum Gasteiger partial charge on any atom is 0.164 e. The zero-order valence-electron chi connectivity index (χ0n) is 11.8. The Hall–Kier alpha value is -1.35. The van der Waals surface area contributed by atoms with E-state index < -0.39 is 0 Å². The molecule has 1 aromatic carbocycles. The summed E-state index contributed by atoms with van der Waals surface area (Å²) in [7, 11) is 1.70. The number of benzene rings is 1. The van der Waals surface area contributed by atoms with Crippen LogP contribution >= 0.6 is 0 Å². The fraction of sp³-hybridized carbons (Fsp3) is 0.533. The Kier molecular flexibility index (Phi) is 5.86. The van der Waals surface area contributed by atoms with Crippen LogP contribution in [0, 0.1) is 0 Å². The van der Waals surface area contributed by atoms with Gasteiger partial charge in [-0.3, -0.25) is 4.79 Å². The molecule has 18 heavy (non-hydrogen) atoms. The fourth-order valence-electron chi connectivity index (χ4n) is 2.00. The number of para-hydroxylation sites is 1. The van der Waals surface area contributed by atoms with Gasteiger partial charge >= 0.3 is 0 Å². The summed E-state index contributed by atoms with van der Waals surface area (Å²) < 4.78 is 5.14. The molecule has 0 atom stereocenters. The van der Waals surface area contributed by atoms with Crippen molar-refractivity contribution in [3.05, 3.63) is 29.8 Å². The average molecular weight is 249 g/mol. The minimum atomic E-state index is 0.189. The molecule has 0 heterocycles. The van der Waals surface area contributed by atoms with Gasteiger partial charge in [0.15, 0.2) is 5.78 Å². The van der Waals surface area contributed by atoms with E-state index in [4.69, 9.17) is 4.74 Å². The third kappa shape index (κ3) is 3.57. The van der Waals surface area contributed by atoms with Gasteiger partial charge in [0, 0.05) is 37.4 Å². The summed E-state index contributed by atoms with van der Waals surface area (Å²) in [5.41, 5.74) is 1.82. The van der Waals surface area contributed by atoms with E-state index in [2.05, 4.69) is 18.7 Å². The lowest BCUT2D eigenvalue weighted by Gasteiger charge is -2.30. The second-order valence-electron chi connectivity index (χ2n) is 4.57. The van der Waals surface area contributed by atoms with Gasteiger partial charge in [-0.15, -0.1) is 0 Å². The van der Waals surface area contributed by atoms with Crippen molar-refractivity contribution in [3.63, 3.8) is 0 Å². The molecule has 0 aliphatic carbocycles. The fourth-order valence-corrected chi connectivity index (χ4v) is 2.00. The number of rotatable bonds is 7. The Balaban J connectivity index is 3.07. The number of nitrogens with zero attached hydrogens (tertiary/aromatic N) is 1. The highest BCUT2D eigenvalue weighted by Crippen LogP contribution is 2.23. The van der Waals surface area contributed by atoms with Crippen molar-refractivity contribution >= 4 is 11.5 Å². The largest absolute Gasteiger partial charge is 0.383 e. The first-order chi connectivity index (χ1) is 8.61. The summed E-state index contributed by atoms with van der Waals surface area (Å²) in [6, 6.07) is 8.15. The number of hydrogen-bond acceptors (Lipinski definition) is 3. The predicted molar refractivity (Wildman–Crippen MR) is 75.4 cm³/mol. The lowest BCUT2D eigenvalue weighted by molar-refractivity contribution is 0.0988. The molecule has 0 fully saturated rings. The highest BCUT2D eigenvalue weighted by atomic mass is 16.5. The van der Waals surface area contributed by atoms with Gasteiger partial charge in [-0.2, -0.15) is 0 Å². The third-order valence-electron chi connectivity index (χ3n) is 2.99. The number of carbonyl (C=O) groups is 1. The van der Waals surface area contributed by atoms with Gasteiger partial charge in [0.05, 0.1) is 6.61 Å². The summed E-state index contributed by atoms with van der Waals surface area (Å²) in [6.45, 7) is 7.61. The minimum absolute atomic E-state index is 0.189. The molecule has 1 rings (SSSR count). The maximum absolute atomic E-state index is 12.0. The highest BCUT2D eigenvalue weighted by molar-refractivity contribution is 6.01. The SMILES string of the molecule is CCC(=O)c1ccccc1N(CCOC)C(C)C. The smallest absolute Gasteiger partial charge is 0.164 e. The average Bonchev–Trinajstić information content (AvgIpc) is 2.38. The van der Waals surface area contributed by atoms with Crippen molar-refractivity contribution in [3.8, 4) is 0 Å². The van der Waals surface area contributed by atoms with E-state index in [9.17, 15) is 4.79 Å². The van der Waals surface area contributed by atoms with Crippen LogP contribution in [0.15, 0.2) is 24.3 Å². The number of methoxy groups -OCH3 is 1. The van der Waals surface area contributed by atoms with Crippen molar-refractivity contribution in [2.24, 2.45) is 0 Å². The molecule has 0 aromatic heterocycles. The number of ether oxygens (including phenoxy) is 1. The molecule has 0 N–H and O–H groups in total. The van der Waals surface area contributed by atoms with E-state index in [-0.39, 0.29) is 5.78 Å². The zero-order valence-corrected chi connectivity index (χ0v) is 11.8. The molecule has 0 saturated heterocycles. The van der Waals surface area contributed by atoms with Crippen molar-refractivity contribution in [2.75, 3.05) is 25.2 Å². The van der Waals surface area contributed by atoms with Crippen LogP contribution in [-0.2, 0) is 4.74 Å². The van der Waals surface area contributed by atoms with Gasteiger partial charge in [-0.25, -0.2) is 0 Å². The molecular formula is C15H23NO2. The molecule has 0 saturated carbocycles. The first-order valence-corrected chi connectivity index (χ1v) is 6.49. The Morgan fingerprint density at radius 2 is 2.00 bits per heavy atom. The molecule has 0 radical (unpaired) electrons. The van der Waals surface area contributed by atoms with Gasteiger partial charge in [-0.1, -0.05) is 19.1 Å². The van der Waals surface area contributed by atoms with Gasteiger partial charge in [0.25, 0.3) is 0 Å². The van der Waals surface area contributed by atoms with Gasteiger partial charge in [-0.05, 0) is 26.0 Å². The van der Waals surface area contributed by atoms with E-state index >= 15 is 0 Å². The summed E-state index contributed by atoms with van der Waals surface area (Å²) in [5, 5.41) is 0. The molecule has 3 heteroatoms. The Morgan fingerprint density at radius 1 is 1.33 bits per heavy atom. The van der Waals surface area contributed by atoms with Gasteiger partial charge < -0.3 is 9.64 Å². The Morgan fingerprint density at radius 3 is 2.56 bits per heavy atom. The normalized spacial score (nSPS) is 10.7. The molecule has 0 amide bonds. The standard InChI is InChI=1S/C15H23NO2/c1-5-15(17)13-8-6-7-9-14(13)16(12(2)3)10-11-18-4/h6-9,12H,5,10-11H2,1-4H3. The Bertz CT molecular complexity index is 388. The maximum atomic E-state index is 12.0. The minimum Gasteiger partial charge on any atom is -0.383 e. The van der Waals surface area contributed by atoms with E-state index in [1.165, 1.54) is 0 Å². The van der Waals surface area contributed by atoms with Crippen LogP contribution in [0.5, 0.6) is 0 Å². The summed E-state index contributed by atoms with van der Waals surface area (Å²) >= 11 is 0. The monoisotopic (exact) mass is 249 g/mol. The van der Waals surface area contributed by atoms with Crippen molar-refractivity contribution in [1.82, 2.24) is 0 Å². The van der Waals surface area contributed by atoms with Crippen molar-refractivity contribution < 1.29 is 9.53 Å². The quantitative estimate of drug-likeness (QED) is 0.695. The van der Waals surface area contributed by atoms with E-state index in [1.807, 2.05) is 31.2 Å². The van der Waals surface area contributed by atoms with Crippen LogP contribution in [0.2, 0.25) is 0 Å². The molecule has 0 aliphatic rings. The van der Waals surface area contributed by atoms with Crippen LogP contribution < -0.4 is 4.90 Å². The molecule has 1 aromatic rings. The molecular weight excluding hydrogens is 226 g/mol. The van der Waals surface area contributed by atoms with E-state index in [1.54, 1.807) is 7.11 Å². The number of anilines is 1. The van der Waals surface area contributed by atoms with Crippen molar-refractivity contribution in [2.45, 2.75) is 33.2 Å². The topological polar surface area (TPSA) is 29.5 Å². The Labute approximate surface area is 110 Å². The number of ketones is 1. The van der Waals surface area contributed by atoms with Crippen molar-refractivity contribution in [1.29, 1.82) is 0 Å². The van der Waals surface area contributed by atoms with Crippen LogP contribution in [0.25, 0.3) is 0 Å². The molecule has 3 nitrogen and oxygen atoms in total. The summed E-state index contributed by atoms with van der Waals surface area (Å²) in [6.07, 6.45) is 0.535. The van der Waals surface area contributed by atoms with Crippen LogP contribution in [0.3, 0.4) is 0 Å². The number of hydrogen-bond donors (Lipinski definition) is 0. The van der Waals surface area contributed by atoms with Crippen LogP contribution in [-0.4, -0.2) is 32.1 Å². The second kappa shape index (κ2) is 7.17. The van der Waals surface area contributed by atoms with Gasteiger partial charge in [0.2, 0.25) is 0 Å². The lowest BCUT2D eigenvalue weighted by atomic mass is 10.0. The first kappa shape index (κ1) is 14.7. The second-order valence-corrected chi connectivity index (χ2v) is 4.57. The predicted octanol–water partition coefficient (Wildman–Crippen LogP) is 3.14. The highest BCUT2D eigenvalue weighted by Gasteiger charge is 2.16. The van der Waals surface area contributed by atoms with Crippen LogP contribution in [0.1, 0.15) is 37.6 Å². The third-order valence-corrected chi connectivity index (χ3v) is 2.99. The molecule has 0 bridgehead atoms. The summed E-state index contributed by atoms with van der Waals surface area (Å²) in [5.74, 6) is 0.189. The van der Waals surface area contributed by atoms with E-state index in [0.29, 0.717) is 19.1 Å². The molecule has 0 spiro atoms. The number of Topliss-reactive ketones (excluding diaryl/α,β-unsaturated/α-hetero) is 1. The van der Waals surface area contributed by atoms with Crippen LogP contribution in [0.4, 0.5) is 5.69 Å². The number of carbonyl (C=O) groups excluding carboxylic acids is 1. The molecule has 0 aliphatic heterocycles. The van der Waals surface area contributed by atoms with Gasteiger partial charge in [0.1, 0.15) is 0 Å². The zero-order chi connectivity index (χ0) is 13.5. The first-order valence-electron chi connectivity index (χ1n) is 6.49.